The number of hydrogen-bond acceptors (Lipinski definition) is 3. The Morgan fingerprint density at radius 3 is 2.59 bits per heavy atom. The Morgan fingerprint density at radius 2 is 2.05 bits per heavy atom. The molecule has 124 valence electrons. The molecule has 7 heteroatoms. The molecule has 0 spiro atoms. The highest BCUT2D eigenvalue weighted by atomic mass is 35.5. The topological polar surface area (TPSA) is 66.5 Å². The Hall–Kier alpha value is -1.11. The van der Waals surface area contributed by atoms with Crippen molar-refractivity contribution in [3.8, 4) is 0 Å². The van der Waals surface area contributed by atoms with Crippen LogP contribution in [0.5, 0.6) is 0 Å². The van der Waals surface area contributed by atoms with E-state index >= 15 is 0 Å². The number of sulfonamides is 1. The maximum Gasteiger partial charge on any atom is 0.243 e. The van der Waals surface area contributed by atoms with E-state index in [2.05, 4.69) is 5.32 Å². The van der Waals surface area contributed by atoms with Crippen LogP contribution in [0.1, 0.15) is 33.6 Å². The van der Waals surface area contributed by atoms with Gasteiger partial charge >= 0.3 is 0 Å². The fourth-order valence-corrected chi connectivity index (χ4v) is 3.68. The zero-order valence-electron chi connectivity index (χ0n) is 13.2. The molecular weight excluding hydrogens is 324 g/mol. The first-order chi connectivity index (χ1) is 10.3. The molecule has 1 rings (SSSR count). The third-order valence-electron chi connectivity index (χ3n) is 3.25. The van der Waals surface area contributed by atoms with Crippen molar-refractivity contribution in [2.75, 3.05) is 13.1 Å². The normalized spacial score (nSPS) is 13.1. The van der Waals surface area contributed by atoms with Gasteiger partial charge in [-0.2, -0.15) is 4.31 Å². The Labute approximate surface area is 137 Å². The molecule has 0 radical (unpaired) electrons. The van der Waals surface area contributed by atoms with Gasteiger partial charge in [-0.15, -0.1) is 0 Å². The summed E-state index contributed by atoms with van der Waals surface area (Å²) in [5.41, 5.74) is 0. The van der Waals surface area contributed by atoms with Crippen LogP contribution in [0.25, 0.3) is 0 Å². The van der Waals surface area contributed by atoms with Crippen LogP contribution in [0.2, 0.25) is 5.02 Å². The quantitative estimate of drug-likeness (QED) is 0.786. The molecule has 1 N–H and O–H groups in total. The molecule has 1 unspecified atom stereocenters. The fourth-order valence-electron chi connectivity index (χ4n) is 1.89. The predicted octanol–water partition coefficient (Wildman–Crippen LogP) is 2.66. The van der Waals surface area contributed by atoms with E-state index in [-0.39, 0.29) is 29.9 Å². The number of hydrogen-bond donors (Lipinski definition) is 1. The smallest absolute Gasteiger partial charge is 0.243 e. The zero-order valence-corrected chi connectivity index (χ0v) is 14.7. The first-order valence-corrected chi connectivity index (χ1v) is 9.18. The molecule has 0 fully saturated rings. The van der Waals surface area contributed by atoms with Crippen LogP contribution in [0.15, 0.2) is 29.2 Å². The zero-order chi connectivity index (χ0) is 16.8. The molecule has 0 saturated carbocycles. The van der Waals surface area contributed by atoms with Crippen molar-refractivity contribution in [2.45, 2.75) is 44.6 Å². The molecular formula is C15H23ClN2O3S. The number of carbonyl (C=O) groups excluding carboxylic acids is 1. The molecule has 0 bridgehead atoms. The van der Waals surface area contributed by atoms with Crippen molar-refractivity contribution < 1.29 is 13.2 Å². The molecule has 1 amide bonds. The lowest BCUT2D eigenvalue weighted by Crippen LogP contribution is -2.43. The van der Waals surface area contributed by atoms with Gasteiger partial charge in [-0.05, 0) is 38.0 Å². The SMILES string of the molecule is CCCN(CC(=O)NC(C)CC)S(=O)(=O)c1cccc(Cl)c1. The van der Waals surface area contributed by atoms with Crippen LogP contribution in [0, 0.1) is 0 Å². The van der Waals surface area contributed by atoms with Gasteiger partial charge in [0, 0.05) is 17.6 Å². The van der Waals surface area contributed by atoms with Crippen molar-refractivity contribution >= 4 is 27.5 Å². The van der Waals surface area contributed by atoms with E-state index in [1.807, 2.05) is 20.8 Å². The first-order valence-electron chi connectivity index (χ1n) is 7.36. The summed E-state index contributed by atoms with van der Waals surface area (Å²) < 4.78 is 26.5. The van der Waals surface area contributed by atoms with Gasteiger partial charge in [0.05, 0.1) is 11.4 Å². The molecule has 5 nitrogen and oxygen atoms in total. The van der Waals surface area contributed by atoms with E-state index in [0.29, 0.717) is 11.4 Å². The summed E-state index contributed by atoms with van der Waals surface area (Å²) in [6, 6.07) is 6.09. The fraction of sp³-hybridized carbons (Fsp3) is 0.533. The van der Waals surface area contributed by atoms with Gasteiger partial charge in [-0.1, -0.05) is 31.5 Å². The Bertz CT molecular complexity index is 605. The average molecular weight is 347 g/mol. The number of nitrogens with one attached hydrogen (secondary N) is 1. The second-order valence-corrected chi connectivity index (χ2v) is 7.55. The standard InChI is InChI=1S/C15H23ClN2O3S/c1-4-9-18(11-15(19)17-12(3)5-2)22(20,21)14-8-6-7-13(16)10-14/h6-8,10,12H,4-5,9,11H2,1-3H3,(H,17,19). The van der Waals surface area contributed by atoms with Crippen molar-refractivity contribution in [1.82, 2.24) is 9.62 Å². The third kappa shape index (κ3) is 5.26. The van der Waals surface area contributed by atoms with Crippen LogP contribution in [-0.4, -0.2) is 37.8 Å². The summed E-state index contributed by atoms with van der Waals surface area (Å²) in [5.74, 6) is -0.298. The summed E-state index contributed by atoms with van der Waals surface area (Å²) in [6.07, 6.45) is 1.41. The summed E-state index contributed by atoms with van der Waals surface area (Å²) in [6.45, 7) is 5.80. The van der Waals surface area contributed by atoms with Crippen molar-refractivity contribution in [3.63, 3.8) is 0 Å². The average Bonchev–Trinajstić information content (AvgIpc) is 2.46. The number of halogens is 1. The van der Waals surface area contributed by atoms with Crippen LogP contribution in [0.3, 0.4) is 0 Å². The molecule has 1 aromatic carbocycles. The van der Waals surface area contributed by atoms with Crippen LogP contribution in [0.4, 0.5) is 0 Å². The number of rotatable bonds is 8. The molecule has 0 aliphatic rings. The van der Waals surface area contributed by atoms with E-state index < -0.39 is 10.0 Å². The van der Waals surface area contributed by atoms with Gasteiger partial charge in [0.15, 0.2) is 0 Å². The summed E-state index contributed by atoms with van der Waals surface area (Å²) in [4.78, 5) is 12.1. The summed E-state index contributed by atoms with van der Waals surface area (Å²) in [5, 5.41) is 3.13. The second kappa shape index (κ2) is 8.50. The number of nitrogens with zero attached hydrogens (tertiary/aromatic N) is 1. The van der Waals surface area contributed by atoms with Gasteiger partial charge in [-0.25, -0.2) is 8.42 Å². The highest BCUT2D eigenvalue weighted by molar-refractivity contribution is 7.89. The largest absolute Gasteiger partial charge is 0.353 e. The maximum absolute atomic E-state index is 12.7. The van der Waals surface area contributed by atoms with Crippen molar-refractivity contribution in [2.24, 2.45) is 0 Å². The Balaban J connectivity index is 2.96. The van der Waals surface area contributed by atoms with Crippen molar-refractivity contribution in [3.05, 3.63) is 29.3 Å². The van der Waals surface area contributed by atoms with Gasteiger partial charge in [-0.3, -0.25) is 4.79 Å². The Morgan fingerprint density at radius 1 is 1.36 bits per heavy atom. The minimum atomic E-state index is -3.74. The predicted molar refractivity (Wildman–Crippen MR) is 88.4 cm³/mol. The van der Waals surface area contributed by atoms with E-state index in [0.717, 1.165) is 6.42 Å². The monoisotopic (exact) mass is 346 g/mol. The number of amides is 1. The lowest BCUT2D eigenvalue weighted by atomic mass is 10.2. The van der Waals surface area contributed by atoms with Gasteiger partial charge < -0.3 is 5.32 Å². The number of carbonyl (C=O) groups is 1. The molecule has 0 saturated heterocycles. The molecule has 1 aromatic rings. The molecule has 0 aromatic heterocycles. The minimum absolute atomic E-state index is 0.0184. The highest BCUT2D eigenvalue weighted by Gasteiger charge is 2.26. The molecule has 0 aliphatic heterocycles. The summed E-state index contributed by atoms with van der Waals surface area (Å²) in [7, 11) is -3.74. The maximum atomic E-state index is 12.7. The summed E-state index contributed by atoms with van der Waals surface area (Å²) >= 11 is 5.86. The molecule has 1 atom stereocenters. The second-order valence-electron chi connectivity index (χ2n) is 5.17. The van der Waals surface area contributed by atoms with E-state index in [4.69, 9.17) is 11.6 Å². The molecule has 0 heterocycles. The minimum Gasteiger partial charge on any atom is -0.353 e. The van der Waals surface area contributed by atoms with Gasteiger partial charge in [0.25, 0.3) is 0 Å². The third-order valence-corrected chi connectivity index (χ3v) is 5.32. The first kappa shape index (κ1) is 18.9. The number of benzene rings is 1. The van der Waals surface area contributed by atoms with Crippen LogP contribution >= 0.6 is 11.6 Å². The van der Waals surface area contributed by atoms with E-state index in [1.165, 1.54) is 16.4 Å². The van der Waals surface area contributed by atoms with E-state index in [9.17, 15) is 13.2 Å². The highest BCUT2D eigenvalue weighted by Crippen LogP contribution is 2.19. The lowest BCUT2D eigenvalue weighted by molar-refractivity contribution is -0.121. The van der Waals surface area contributed by atoms with Gasteiger partial charge in [0.2, 0.25) is 15.9 Å². The molecule has 0 aliphatic carbocycles. The van der Waals surface area contributed by atoms with Crippen LogP contribution in [-0.2, 0) is 14.8 Å². The van der Waals surface area contributed by atoms with Gasteiger partial charge in [0.1, 0.15) is 0 Å². The Kier molecular flexibility index (Phi) is 7.32. The lowest BCUT2D eigenvalue weighted by Gasteiger charge is -2.22. The molecule has 22 heavy (non-hydrogen) atoms. The van der Waals surface area contributed by atoms with Crippen molar-refractivity contribution in [1.29, 1.82) is 0 Å². The van der Waals surface area contributed by atoms with E-state index in [1.54, 1.807) is 12.1 Å². The van der Waals surface area contributed by atoms with Crippen LogP contribution < -0.4 is 5.32 Å².